The summed E-state index contributed by atoms with van der Waals surface area (Å²) in [7, 11) is 1.64. The summed E-state index contributed by atoms with van der Waals surface area (Å²) in [4.78, 5) is 18.5. The molecular weight excluding hydrogens is 470 g/mol. The molecule has 188 valence electrons. The largest absolute Gasteiger partial charge is 0.497 e. The lowest BCUT2D eigenvalue weighted by Crippen LogP contribution is -2.42. The Balaban J connectivity index is 1.63. The smallest absolute Gasteiger partial charge is 0.303 e. The molecule has 1 aliphatic heterocycles. The minimum Gasteiger partial charge on any atom is -0.497 e. The monoisotopic (exact) mass is 507 g/mol. The van der Waals surface area contributed by atoms with E-state index < -0.39 is 5.97 Å². The third-order valence-electron chi connectivity index (χ3n) is 6.89. The zero-order valence-corrected chi connectivity index (χ0v) is 21.9. The van der Waals surface area contributed by atoms with Crippen molar-refractivity contribution in [1.82, 2.24) is 9.88 Å². The first-order valence-electron chi connectivity index (χ1n) is 12.3. The fourth-order valence-corrected chi connectivity index (χ4v) is 6.32. The number of ether oxygens (including phenoxy) is 1. The number of likely N-dealkylation sites (tertiary alicyclic amines) is 1. The maximum absolute atomic E-state index is 11.6. The highest BCUT2D eigenvalue weighted by Crippen LogP contribution is 2.36. The molecular formula is C26H38ClN3O3S. The molecule has 1 aromatic carbocycles. The van der Waals surface area contributed by atoms with Crippen molar-refractivity contribution in [2.45, 2.75) is 51.5 Å². The molecule has 3 rings (SSSR count). The highest BCUT2D eigenvalue weighted by molar-refractivity contribution is 7.99. The maximum Gasteiger partial charge on any atom is 0.303 e. The average molecular weight is 508 g/mol. The van der Waals surface area contributed by atoms with Crippen molar-refractivity contribution < 1.29 is 14.6 Å². The van der Waals surface area contributed by atoms with Crippen LogP contribution in [0, 0.1) is 11.8 Å². The number of nitrogens with two attached hydrogens (primary N) is 1. The lowest BCUT2D eigenvalue weighted by molar-refractivity contribution is -0.139. The van der Waals surface area contributed by atoms with Gasteiger partial charge in [-0.25, -0.2) is 0 Å². The second-order valence-corrected chi connectivity index (χ2v) is 10.9. The Labute approximate surface area is 212 Å². The zero-order valence-electron chi connectivity index (χ0n) is 20.3. The quantitative estimate of drug-likeness (QED) is 0.340. The number of aliphatic carboxylic acids is 1. The number of hydrogen-bond donors (Lipinski definition) is 2. The van der Waals surface area contributed by atoms with Gasteiger partial charge < -0.3 is 20.5 Å². The minimum atomic E-state index is -0.714. The van der Waals surface area contributed by atoms with Gasteiger partial charge in [0.15, 0.2) is 0 Å². The van der Waals surface area contributed by atoms with Crippen LogP contribution >= 0.6 is 23.4 Å². The topological polar surface area (TPSA) is 88.7 Å². The fourth-order valence-electron chi connectivity index (χ4n) is 4.95. The van der Waals surface area contributed by atoms with E-state index in [4.69, 9.17) is 22.1 Å². The van der Waals surface area contributed by atoms with Crippen LogP contribution in [0.3, 0.4) is 0 Å². The molecule has 3 N–H and O–H groups in total. The van der Waals surface area contributed by atoms with Crippen LogP contribution in [0.4, 0.5) is 0 Å². The number of thioether (sulfide) groups is 1. The third-order valence-corrected chi connectivity index (χ3v) is 8.24. The van der Waals surface area contributed by atoms with Crippen molar-refractivity contribution >= 4 is 40.2 Å². The number of unbranched alkanes of at least 4 members (excludes halogenated alkanes) is 1. The number of benzene rings is 1. The Morgan fingerprint density at radius 1 is 1.38 bits per heavy atom. The van der Waals surface area contributed by atoms with Crippen LogP contribution in [-0.2, 0) is 4.79 Å². The van der Waals surface area contributed by atoms with Gasteiger partial charge in [0.2, 0.25) is 0 Å². The van der Waals surface area contributed by atoms with Crippen LogP contribution in [0.5, 0.6) is 5.75 Å². The number of fused-ring (bicyclic) bond motifs is 1. The van der Waals surface area contributed by atoms with Crippen LogP contribution in [0.1, 0.15) is 57.1 Å². The molecule has 3 atom stereocenters. The van der Waals surface area contributed by atoms with Crippen LogP contribution in [0.25, 0.3) is 10.9 Å². The first-order chi connectivity index (χ1) is 16.4. The van der Waals surface area contributed by atoms with E-state index in [1.54, 1.807) is 13.3 Å². The standard InChI is InChI=1S/C26H38ClN3O3S/c1-3-4-12-34-13-11-30-10-9-18(19(17-30)14-25(31)32)5-7-23(28)26-21-15-20(33-2)6-8-24(21)29-16-22(26)27/h6,8,15-16,18-19,23H,3-5,7,9-14,17,28H2,1-2H3,(H,31,32)/t18-,19-,23+/m1/s1. The number of halogens is 1. The van der Waals surface area contributed by atoms with Crippen molar-refractivity contribution in [1.29, 1.82) is 0 Å². The van der Waals surface area contributed by atoms with Crippen molar-refractivity contribution in [2.75, 3.05) is 38.2 Å². The average Bonchev–Trinajstić information content (AvgIpc) is 2.82. The van der Waals surface area contributed by atoms with Crippen molar-refractivity contribution in [3.8, 4) is 5.75 Å². The summed E-state index contributed by atoms with van der Waals surface area (Å²) in [5.41, 5.74) is 8.40. The minimum absolute atomic E-state index is 0.156. The number of carboxylic acids is 1. The van der Waals surface area contributed by atoms with E-state index in [-0.39, 0.29) is 18.4 Å². The Bertz CT molecular complexity index is 945. The maximum atomic E-state index is 11.6. The summed E-state index contributed by atoms with van der Waals surface area (Å²) in [6, 6.07) is 5.49. The van der Waals surface area contributed by atoms with E-state index in [1.165, 1.54) is 18.6 Å². The molecule has 0 spiro atoms. The molecule has 0 unspecified atom stereocenters. The van der Waals surface area contributed by atoms with Gasteiger partial charge >= 0.3 is 5.97 Å². The van der Waals surface area contributed by atoms with Gasteiger partial charge in [0, 0.05) is 42.9 Å². The molecule has 1 saturated heterocycles. The molecule has 1 aromatic heterocycles. The van der Waals surface area contributed by atoms with Gasteiger partial charge in [0.1, 0.15) is 5.75 Å². The molecule has 1 fully saturated rings. The Hall–Kier alpha value is -1.54. The Morgan fingerprint density at radius 3 is 2.94 bits per heavy atom. The zero-order chi connectivity index (χ0) is 24.5. The number of pyridine rings is 1. The van der Waals surface area contributed by atoms with Crippen molar-refractivity contribution in [3.05, 3.63) is 35.0 Å². The summed E-state index contributed by atoms with van der Waals surface area (Å²) < 4.78 is 5.39. The van der Waals surface area contributed by atoms with Gasteiger partial charge in [-0.1, -0.05) is 24.9 Å². The first kappa shape index (κ1) is 27.1. The van der Waals surface area contributed by atoms with Crippen LogP contribution in [-0.4, -0.2) is 59.2 Å². The van der Waals surface area contributed by atoms with Crippen LogP contribution in [0.2, 0.25) is 5.02 Å². The van der Waals surface area contributed by atoms with Gasteiger partial charge in [0.05, 0.1) is 17.6 Å². The number of aromatic nitrogens is 1. The Morgan fingerprint density at radius 2 is 2.21 bits per heavy atom. The van der Waals surface area contributed by atoms with E-state index in [0.29, 0.717) is 10.9 Å². The number of carboxylic acid groups (broad SMARTS) is 1. The molecule has 2 heterocycles. The molecule has 0 amide bonds. The summed E-state index contributed by atoms with van der Waals surface area (Å²) in [5.74, 6) is 2.87. The Kier molecular flexibility index (Phi) is 10.8. The predicted octanol–water partition coefficient (Wildman–Crippen LogP) is 5.62. The number of carbonyl (C=O) groups is 1. The van der Waals surface area contributed by atoms with Gasteiger partial charge in [-0.3, -0.25) is 9.78 Å². The summed E-state index contributed by atoms with van der Waals surface area (Å²) in [6.07, 6.45) is 7.04. The fraction of sp³-hybridized carbons (Fsp3) is 0.615. The number of nitrogens with zero attached hydrogens (tertiary/aromatic N) is 2. The number of methoxy groups -OCH3 is 1. The van der Waals surface area contributed by atoms with E-state index >= 15 is 0 Å². The lowest BCUT2D eigenvalue weighted by atomic mass is 9.79. The second kappa shape index (κ2) is 13.5. The SMILES string of the molecule is CCCCSCCN1CC[C@@H](CC[C@H](N)c2c(Cl)cnc3ccc(OC)cc23)[C@H](CC(=O)O)C1. The lowest BCUT2D eigenvalue weighted by Gasteiger charge is -2.38. The molecule has 0 bridgehead atoms. The molecule has 34 heavy (non-hydrogen) atoms. The summed E-state index contributed by atoms with van der Waals surface area (Å²) in [6.45, 7) is 5.14. The van der Waals surface area contributed by atoms with E-state index in [0.717, 1.165) is 66.9 Å². The van der Waals surface area contributed by atoms with Crippen molar-refractivity contribution in [3.63, 3.8) is 0 Å². The summed E-state index contributed by atoms with van der Waals surface area (Å²) >= 11 is 8.55. The van der Waals surface area contributed by atoms with Crippen molar-refractivity contribution in [2.24, 2.45) is 17.6 Å². The highest BCUT2D eigenvalue weighted by atomic mass is 35.5. The highest BCUT2D eigenvalue weighted by Gasteiger charge is 2.31. The van der Waals surface area contributed by atoms with Crippen LogP contribution < -0.4 is 10.5 Å². The molecule has 0 aliphatic carbocycles. The second-order valence-electron chi connectivity index (χ2n) is 9.26. The van der Waals surface area contributed by atoms with E-state index in [9.17, 15) is 9.90 Å². The van der Waals surface area contributed by atoms with E-state index in [2.05, 4.69) is 16.8 Å². The van der Waals surface area contributed by atoms with Gasteiger partial charge in [-0.15, -0.1) is 0 Å². The van der Waals surface area contributed by atoms with E-state index in [1.807, 2.05) is 30.0 Å². The van der Waals surface area contributed by atoms with Gasteiger partial charge in [0.25, 0.3) is 0 Å². The molecule has 0 radical (unpaired) electrons. The first-order valence-corrected chi connectivity index (χ1v) is 13.9. The molecule has 2 aromatic rings. The van der Waals surface area contributed by atoms with Crippen LogP contribution in [0.15, 0.2) is 24.4 Å². The molecule has 0 saturated carbocycles. The molecule has 8 heteroatoms. The van der Waals surface area contributed by atoms with Gasteiger partial charge in [-0.05, 0) is 73.6 Å². The van der Waals surface area contributed by atoms with Gasteiger partial charge in [-0.2, -0.15) is 11.8 Å². The number of piperidine rings is 1. The molecule has 1 aliphatic rings. The normalized spacial score (nSPS) is 19.9. The number of rotatable bonds is 13. The third kappa shape index (κ3) is 7.48. The molecule has 6 nitrogen and oxygen atoms in total. The predicted molar refractivity (Wildman–Crippen MR) is 142 cm³/mol. The summed E-state index contributed by atoms with van der Waals surface area (Å²) in [5, 5.41) is 11.0. The number of hydrogen-bond acceptors (Lipinski definition) is 6.